The molecule has 0 amide bonds. The molecule has 0 unspecified atom stereocenters. The molecule has 0 aromatic heterocycles. The maximum Gasteiger partial charge on any atom is 0.118 e. The molecular weight excluding hydrogens is 284 g/mol. The lowest BCUT2D eigenvalue weighted by Gasteiger charge is -2.32. The van der Waals surface area contributed by atoms with Crippen LogP contribution in [-0.2, 0) is 18.3 Å². The molecule has 0 spiro atoms. The Morgan fingerprint density at radius 2 is 1.22 bits per heavy atom. The van der Waals surface area contributed by atoms with Gasteiger partial charge in [0.2, 0.25) is 0 Å². The molecule has 2 aromatic rings. The van der Waals surface area contributed by atoms with Crippen molar-refractivity contribution in [2.75, 3.05) is 0 Å². The smallest absolute Gasteiger partial charge is 0.118 e. The van der Waals surface area contributed by atoms with E-state index >= 15 is 0 Å². The van der Waals surface area contributed by atoms with Crippen molar-refractivity contribution in [3.05, 3.63) is 58.7 Å². The summed E-state index contributed by atoms with van der Waals surface area (Å²) in [6, 6.07) is 11.9. The van der Waals surface area contributed by atoms with Crippen molar-refractivity contribution < 1.29 is 10.2 Å². The van der Waals surface area contributed by atoms with E-state index in [0.717, 1.165) is 36.8 Å². The SMILES string of the molecule is CCCC(C)(c1ccc(O)c(CC)c1)c1ccc(O)c(CC)c1. The number of aryl methyl sites for hydroxylation is 2. The number of rotatable bonds is 6. The monoisotopic (exact) mass is 312 g/mol. The van der Waals surface area contributed by atoms with Gasteiger partial charge in [-0.05, 0) is 53.6 Å². The average Bonchev–Trinajstić information content (AvgIpc) is 2.55. The Kier molecular flexibility index (Phi) is 5.35. The van der Waals surface area contributed by atoms with Gasteiger partial charge in [-0.15, -0.1) is 0 Å². The number of benzene rings is 2. The van der Waals surface area contributed by atoms with Gasteiger partial charge < -0.3 is 10.2 Å². The molecule has 2 heteroatoms. The van der Waals surface area contributed by atoms with Crippen molar-refractivity contribution in [1.29, 1.82) is 0 Å². The van der Waals surface area contributed by atoms with Crippen molar-refractivity contribution in [2.45, 2.75) is 58.8 Å². The van der Waals surface area contributed by atoms with Crippen LogP contribution in [0.15, 0.2) is 36.4 Å². The first-order valence-electron chi connectivity index (χ1n) is 8.61. The third-order valence-corrected chi connectivity index (χ3v) is 4.95. The first kappa shape index (κ1) is 17.4. The van der Waals surface area contributed by atoms with Crippen LogP contribution in [0.4, 0.5) is 0 Å². The van der Waals surface area contributed by atoms with Crippen LogP contribution >= 0.6 is 0 Å². The van der Waals surface area contributed by atoms with Gasteiger partial charge in [0.15, 0.2) is 0 Å². The first-order chi connectivity index (χ1) is 11.0. The number of hydrogen-bond acceptors (Lipinski definition) is 2. The van der Waals surface area contributed by atoms with E-state index in [1.807, 2.05) is 24.3 Å². The van der Waals surface area contributed by atoms with E-state index < -0.39 is 0 Å². The minimum Gasteiger partial charge on any atom is -0.508 e. The number of phenolic OH excluding ortho intramolecular Hbond substituents is 2. The van der Waals surface area contributed by atoms with Crippen LogP contribution in [-0.4, -0.2) is 10.2 Å². The van der Waals surface area contributed by atoms with Crippen LogP contribution in [0.5, 0.6) is 11.5 Å². The molecule has 0 aliphatic heterocycles. The lowest BCUT2D eigenvalue weighted by Crippen LogP contribution is -2.24. The van der Waals surface area contributed by atoms with Crippen LogP contribution in [0.25, 0.3) is 0 Å². The minimum absolute atomic E-state index is 0.121. The molecule has 2 nitrogen and oxygen atoms in total. The number of phenols is 2. The van der Waals surface area contributed by atoms with Crippen molar-refractivity contribution >= 4 is 0 Å². The lowest BCUT2D eigenvalue weighted by molar-refractivity contribution is 0.463. The van der Waals surface area contributed by atoms with Crippen LogP contribution in [0, 0.1) is 0 Å². The quantitative estimate of drug-likeness (QED) is 0.757. The Morgan fingerprint density at radius 3 is 1.57 bits per heavy atom. The highest BCUT2D eigenvalue weighted by atomic mass is 16.3. The molecule has 0 saturated heterocycles. The Bertz CT molecular complexity index is 620. The van der Waals surface area contributed by atoms with Gasteiger partial charge in [-0.25, -0.2) is 0 Å². The van der Waals surface area contributed by atoms with Gasteiger partial charge in [-0.2, -0.15) is 0 Å². The number of hydrogen-bond donors (Lipinski definition) is 2. The molecule has 0 saturated carbocycles. The fraction of sp³-hybridized carbons (Fsp3) is 0.429. The molecule has 23 heavy (non-hydrogen) atoms. The second kappa shape index (κ2) is 7.08. The highest BCUT2D eigenvalue weighted by molar-refractivity contribution is 5.47. The molecule has 0 aliphatic carbocycles. The molecule has 0 heterocycles. The molecule has 0 fully saturated rings. The molecule has 124 valence electrons. The fourth-order valence-electron chi connectivity index (χ4n) is 3.38. The summed E-state index contributed by atoms with van der Waals surface area (Å²) >= 11 is 0. The predicted molar refractivity (Wildman–Crippen MR) is 96.3 cm³/mol. The predicted octanol–water partition coefficient (Wildman–Crippen LogP) is 5.33. The zero-order chi connectivity index (χ0) is 17.0. The summed E-state index contributed by atoms with van der Waals surface area (Å²) in [6.07, 6.45) is 3.73. The van der Waals surface area contributed by atoms with E-state index in [1.165, 1.54) is 11.1 Å². The molecule has 2 aromatic carbocycles. The van der Waals surface area contributed by atoms with Gasteiger partial charge in [0.25, 0.3) is 0 Å². The van der Waals surface area contributed by atoms with E-state index in [4.69, 9.17) is 0 Å². The van der Waals surface area contributed by atoms with Gasteiger partial charge in [-0.3, -0.25) is 0 Å². The van der Waals surface area contributed by atoms with E-state index in [-0.39, 0.29) is 5.41 Å². The van der Waals surface area contributed by atoms with Crippen molar-refractivity contribution in [3.8, 4) is 11.5 Å². The van der Waals surface area contributed by atoms with E-state index in [9.17, 15) is 10.2 Å². The fourth-order valence-corrected chi connectivity index (χ4v) is 3.38. The van der Waals surface area contributed by atoms with Gasteiger partial charge in [0, 0.05) is 5.41 Å². The Balaban J connectivity index is 2.59. The second-order valence-corrected chi connectivity index (χ2v) is 6.48. The van der Waals surface area contributed by atoms with Gasteiger partial charge in [-0.1, -0.05) is 58.4 Å². The summed E-state index contributed by atoms with van der Waals surface area (Å²) in [6.45, 7) is 8.58. The highest BCUT2D eigenvalue weighted by Gasteiger charge is 2.29. The minimum atomic E-state index is -0.121. The summed E-state index contributed by atoms with van der Waals surface area (Å²) in [5.74, 6) is 0.741. The Hall–Kier alpha value is -1.96. The zero-order valence-corrected chi connectivity index (χ0v) is 14.7. The second-order valence-electron chi connectivity index (χ2n) is 6.48. The molecular formula is C21H28O2. The maximum atomic E-state index is 9.99. The normalized spacial score (nSPS) is 11.7. The lowest BCUT2D eigenvalue weighted by atomic mass is 9.72. The summed E-state index contributed by atoms with van der Waals surface area (Å²) in [7, 11) is 0. The van der Waals surface area contributed by atoms with Crippen molar-refractivity contribution in [1.82, 2.24) is 0 Å². The van der Waals surface area contributed by atoms with E-state index in [0.29, 0.717) is 11.5 Å². The highest BCUT2D eigenvalue weighted by Crippen LogP contribution is 2.39. The Morgan fingerprint density at radius 1 is 0.783 bits per heavy atom. The molecule has 0 aliphatic rings. The molecule has 0 atom stereocenters. The molecule has 0 radical (unpaired) electrons. The first-order valence-corrected chi connectivity index (χ1v) is 8.61. The van der Waals surface area contributed by atoms with E-state index in [2.05, 4.69) is 39.8 Å². The molecule has 0 bridgehead atoms. The molecule has 2 rings (SSSR count). The topological polar surface area (TPSA) is 40.5 Å². The van der Waals surface area contributed by atoms with Gasteiger partial charge >= 0.3 is 0 Å². The van der Waals surface area contributed by atoms with E-state index in [1.54, 1.807) is 0 Å². The summed E-state index contributed by atoms with van der Waals surface area (Å²) in [4.78, 5) is 0. The van der Waals surface area contributed by atoms with Gasteiger partial charge in [0.1, 0.15) is 11.5 Å². The largest absolute Gasteiger partial charge is 0.508 e. The Labute approximate surface area is 139 Å². The number of aromatic hydroxyl groups is 2. The van der Waals surface area contributed by atoms with Crippen LogP contribution in [0.1, 0.15) is 62.8 Å². The summed E-state index contributed by atoms with van der Waals surface area (Å²) in [5.41, 5.74) is 4.30. The van der Waals surface area contributed by atoms with Crippen molar-refractivity contribution in [2.24, 2.45) is 0 Å². The third-order valence-electron chi connectivity index (χ3n) is 4.95. The third kappa shape index (κ3) is 3.36. The van der Waals surface area contributed by atoms with Crippen LogP contribution < -0.4 is 0 Å². The van der Waals surface area contributed by atoms with Crippen molar-refractivity contribution in [3.63, 3.8) is 0 Å². The standard InChI is InChI=1S/C21H28O2/c1-5-12-21(4,17-8-10-19(22)15(6-2)13-17)18-9-11-20(23)16(7-3)14-18/h8-11,13-14,22-23H,5-7,12H2,1-4H3. The van der Waals surface area contributed by atoms with Crippen LogP contribution in [0.2, 0.25) is 0 Å². The zero-order valence-electron chi connectivity index (χ0n) is 14.7. The average molecular weight is 312 g/mol. The molecule has 2 N–H and O–H groups in total. The summed E-state index contributed by atoms with van der Waals surface area (Å²) < 4.78 is 0. The van der Waals surface area contributed by atoms with Gasteiger partial charge in [0.05, 0.1) is 0 Å². The maximum absolute atomic E-state index is 9.99. The van der Waals surface area contributed by atoms with Crippen LogP contribution in [0.3, 0.4) is 0 Å². The summed E-state index contributed by atoms with van der Waals surface area (Å²) in [5, 5.41) is 20.0.